The zero-order valence-corrected chi connectivity index (χ0v) is 12.6. The van der Waals surface area contributed by atoms with E-state index in [0.29, 0.717) is 12.4 Å². The van der Waals surface area contributed by atoms with Crippen LogP contribution >= 0.6 is 0 Å². The number of fused-ring (bicyclic) bond motifs is 1. The predicted octanol–water partition coefficient (Wildman–Crippen LogP) is 3.29. The van der Waals surface area contributed by atoms with E-state index in [2.05, 4.69) is 32.7 Å². The van der Waals surface area contributed by atoms with Gasteiger partial charge < -0.3 is 5.32 Å². The molecular formula is C16H14F3N5. The maximum absolute atomic E-state index is 12.9. The number of rotatable bonds is 4. The number of aromatic nitrogens is 4. The van der Waals surface area contributed by atoms with E-state index in [0.717, 1.165) is 17.4 Å². The number of halogens is 3. The first-order valence-electron chi connectivity index (χ1n) is 7.57. The van der Waals surface area contributed by atoms with Gasteiger partial charge in [0.05, 0.1) is 0 Å². The standard InChI is InChI=1S/C16H14F3N5/c17-16(18,19)14-22-21-13-7-6-12(23-24(13)14)20-10-15(8-9-15)11-4-2-1-3-5-11/h1-7H,8-10H2,(H,20,23). The molecule has 0 unspecified atom stereocenters. The second kappa shape index (κ2) is 5.19. The van der Waals surface area contributed by atoms with Crippen LogP contribution in [0.25, 0.3) is 5.65 Å². The molecule has 1 saturated carbocycles. The van der Waals surface area contributed by atoms with Crippen molar-refractivity contribution in [2.75, 3.05) is 11.9 Å². The second-order valence-electron chi connectivity index (χ2n) is 6.01. The van der Waals surface area contributed by atoms with Gasteiger partial charge in [-0.25, -0.2) is 0 Å². The molecule has 2 heterocycles. The van der Waals surface area contributed by atoms with Crippen LogP contribution in [-0.4, -0.2) is 26.4 Å². The van der Waals surface area contributed by atoms with Crippen LogP contribution in [0.4, 0.5) is 19.0 Å². The Balaban J connectivity index is 1.57. The molecule has 1 aliphatic carbocycles. The van der Waals surface area contributed by atoms with Crippen molar-refractivity contribution < 1.29 is 13.2 Å². The minimum absolute atomic E-state index is 0.0396. The Morgan fingerprint density at radius 2 is 1.79 bits per heavy atom. The molecule has 1 aromatic carbocycles. The fraction of sp³-hybridized carbons (Fsp3) is 0.312. The van der Waals surface area contributed by atoms with E-state index in [-0.39, 0.29) is 11.1 Å². The normalized spacial score (nSPS) is 16.3. The summed E-state index contributed by atoms with van der Waals surface area (Å²) in [6.07, 6.45) is -2.49. The zero-order valence-electron chi connectivity index (χ0n) is 12.6. The fourth-order valence-electron chi connectivity index (χ4n) is 2.83. The number of nitrogens with zero attached hydrogens (tertiary/aromatic N) is 4. The topological polar surface area (TPSA) is 55.1 Å². The van der Waals surface area contributed by atoms with Crippen molar-refractivity contribution in [2.24, 2.45) is 0 Å². The third-order valence-electron chi connectivity index (χ3n) is 4.36. The van der Waals surface area contributed by atoms with Crippen LogP contribution in [0, 0.1) is 0 Å². The van der Waals surface area contributed by atoms with Gasteiger partial charge in [0.15, 0.2) is 5.65 Å². The second-order valence-corrected chi connectivity index (χ2v) is 6.01. The summed E-state index contributed by atoms with van der Waals surface area (Å²) >= 11 is 0. The van der Waals surface area contributed by atoms with Crippen LogP contribution in [0.2, 0.25) is 0 Å². The van der Waals surface area contributed by atoms with Gasteiger partial charge >= 0.3 is 6.18 Å². The van der Waals surface area contributed by atoms with Gasteiger partial charge in [0, 0.05) is 12.0 Å². The van der Waals surface area contributed by atoms with Crippen LogP contribution in [0.1, 0.15) is 24.2 Å². The molecule has 1 aliphatic rings. The molecule has 1 fully saturated rings. The Hall–Kier alpha value is -2.64. The number of anilines is 1. The monoisotopic (exact) mass is 333 g/mol. The Morgan fingerprint density at radius 3 is 2.46 bits per heavy atom. The summed E-state index contributed by atoms with van der Waals surface area (Å²) in [6.45, 7) is 0.624. The minimum Gasteiger partial charge on any atom is -0.368 e. The molecular weight excluding hydrogens is 319 g/mol. The molecule has 0 aliphatic heterocycles. The van der Waals surface area contributed by atoms with Crippen molar-refractivity contribution in [1.29, 1.82) is 0 Å². The highest BCUT2D eigenvalue weighted by atomic mass is 19.4. The highest BCUT2D eigenvalue weighted by Crippen LogP contribution is 2.48. The molecule has 3 aromatic rings. The molecule has 24 heavy (non-hydrogen) atoms. The van der Waals surface area contributed by atoms with Crippen LogP contribution < -0.4 is 5.32 Å². The van der Waals surface area contributed by atoms with Gasteiger partial charge in [-0.3, -0.25) is 0 Å². The van der Waals surface area contributed by atoms with Crippen molar-refractivity contribution >= 4 is 11.5 Å². The highest BCUT2D eigenvalue weighted by molar-refractivity contribution is 5.45. The van der Waals surface area contributed by atoms with E-state index in [1.54, 1.807) is 6.07 Å². The third kappa shape index (κ3) is 2.57. The molecule has 2 aromatic heterocycles. The zero-order chi connectivity index (χ0) is 16.8. The molecule has 0 atom stereocenters. The molecule has 0 bridgehead atoms. The number of benzene rings is 1. The van der Waals surface area contributed by atoms with Crippen LogP contribution in [0.15, 0.2) is 42.5 Å². The van der Waals surface area contributed by atoms with Crippen LogP contribution in [-0.2, 0) is 11.6 Å². The number of nitrogens with one attached hydrogen (secondary N) is 1. The molecule has 0 spiro atoms. The van der Waals surface area contributed by atoms with E-state index in [1.165, 1.54) is 11.6 Å². The lowest BCUT2D eigenvalue weighted by molar-refractivity contribution is -0.146. The van der Waals surface area contributed by atoms with E-state index in [1.807, 2.05) is 18.2 Å². The first-order chi connectivity index (χ1) is 11.5. The molecule has 4 rings (SSSR count). The molecule has 0 radical (unpaired) electrons. The maximum atomic E-state index is 12.9. The van der Waals surface area contributed by atoms with E-state index >= 15 is 0 Å². The lowest BCUT2D eigenvalue weighted by Crippen LogP contribution is -2.21. The number of hydrogen-bond donors (Lipinski definition) is 1. The Labute approximate surface area is 135 Å². The van der Waals surface area contributed by atoms with Crippen LogP contribution in [0.5, 0.6) is 0 Å². The van der Waals surface area contributed by atoms with E-state index < -0.39 is 12.0 Å². The molecule has 0 saturated heterocycles. The number of alkyl halides is 3. The Kier molecular flexibility index (Phi) is 3.22. The summed E-state index contributed by atoms with van der Waals surface area (Å²) in [7, 11) is 0. The van der Waals surface area contributed by atoms with Gasteiger partial charge in [0.25, 0.3) is 5.82 Å². The Morgan fingerprint density at radius 1 is 1.04 bits per heavy atom. The van der Waals surface area contributed by atoms with Crippen molar-refractivity contribution in [2.45, 2.75) is 24.4 Å². The molecule has 124 valence electrons. The van der Waals surface area contributed by atoms with Gasteiger partial charge in [0.1, 0.15) is 5.82 Å². The molecule has 0 amide bonds. The predicted molar refractivity (Wildman–Crippen MR) is 81.6 cm³/mol. The third-order valence-corrected chi connectivity index (χ3v) is 4.36. The van der Waals surface area contributed by atoms with Crippen molar-refractivity contribution in [3.63, 3.8) is 0 Å². The van der Waals surface area contributed by atoms with E-state index in [4.69, 9.17) is 0 Å². The lowest BCUT2D eigenvalue weighted by Gasteiger charge is -2.17. The molecule has 1 N–H and O–H groups in total. The van der Waals surface area contributed by atoms with Crippen molar-refractivity contribution in [3.05, 3.63) is 53.9 Å². The van der Waals surface area contributed by atoms with Gasteiger partial charge in [-0.15, -0.1) is 15.3 Å². The summed E-state index contributed by atoms with van der Waals surface area (Å²) in [5.41, 5.74) is 1.34. The summed E-state index contributed by atoms with van der Waals surface area (Å²) in [6, 6.07) is 13.2. The lowest BCUT2D eigenvalue weighted by atomic mass is 9.96. The van der Waals surface area contributed by atoms with Gasteiger partial charge in [-0.1, -0.05) is 30.3 Å². The average molecular weight is 333 g/mol. The van der Waals surface area contributed by atoms with Crippen molar-refractivity contribution in [3.8, 4) is 0 Å². The van der Waals surface area contributed by atoms with Gasteiger partial charge in [0.2, 0.25) is 0 Å². The SMILES string of the molecule is FC(F)(F)c1nnc2ccc(NCC3(c4ccccc4)CC3)nn12. The van der Waals surface area contributed by atoms with Crippen LogP contribution in [0.3, 0.4) is 0 Å². The van der Waals surface area contributed by atoms with Gasteiger partial charge in [-0.2, -0.15) is 17.7 Å². The highest BCUT2D eigenvalue weighted by Gasteiger charge is 2.44. The number of hydrogen-bond acceptors (Lipinski definition) is 4. The minimum atomic E-state index is -4.59. The van der Waals surface area contributed by atoms with E-state index in [9.17, 15) is 13.2 Å². The van der Waals surface area contributed by atoms with Gasteiger partial charge in [-0.05, 0) is 30.5 Å². The average Bonchev–Trinajstić information content (AvgIpc) is 3.24. The Bertz CT molecular complexity index is 868. The van der Waals surface area contributed by atoms with Crippen molar-refractivity contribution in [1.82, 2.24) is 19.8 Å². The summed E-state index contributed by atoms with van der Waals surface area (Å²) in [5, 5.41) is 13.8. The summed E-state index contributed by atoms with van der Waals surface area (Å²) < 4.78 is 39.4. The molecule has 8 heteroatoms. The largest absolute Gasteiger partial charge is 0.453 e. The first-order valence-corrected chi connectivity index (χ1v) is 7.57. The first kappa shape index (κ1) is 14.9. The quantitative estimate of drug-likeness (QED) is 0.796. The summed E-state index contributed by atoms with van der Waals surface area (Å²) in [4.78, 5) is 0. The molecule has 5 nitrogen and oxygen atoms in total. The summed E-state index contributed by atoms with van der Waals surface area (Å²) in [5.74, 6) is -0.750. The maximum Gasteiger partial charge on any atom is 0.453 e. The smallest absolute Gasteiger partial charge is 0.368 e. The fourth-order valence-corrected chi connectivity index (χ4v) is 2.83.